The first kappa shape index (κ1) is 74.4. The molecule has 0 spiro atoms. The quantitative estimate of drug-likeness (QED) is 0.0255. The molecule has 0 aliphatic carbocycles. The summed E-state index contributed by atoms with van der Waals surface area (Å²) in [5, 5.41) is 150. The normalized spacial score (nSPS) is 32.9. The zero-order valence-electron chi connectivity index (χ0n) is 48.5. The average Bonchev–Trinajstić information content (AvgIpc) is 2.62. The van der Waals surface area contributed by atoms with Crippen LogP contribution in [0.25, 0.3) is 0 Å². The van der Waals surface area contributed by atoms with Crippen molar-refractivity contribution >= 4 is 35.4 Å². The van der Waals surface area contributed by atoms with Crippen LogP contribution in [0.15, 0.2) is 0 Å². The van der Waals surface area contributed by atoms with Gasteiger partial charge >= 0.3 is 0 Å². The van der Waals surface area contributed by atoms with Gasteiger partial charge in [0.15, 0.2) is 25.2 Å². The molecule has 20 atom stereocenters. The van der Waals surface area contributed by atoms with Gasteiger partial charge in [-0.3, -0.25) is 33.7 Å². The molecule has 19 N–H and O–H groups in total. The maximum Gasteiger partial charge on any atom is 0.234 e. The van der Waals surface area contributed by atoms with Gasteiger partial charge in [-0.25, -0.2) is 0 Å². The summed E-state index contributed by atoms with van der Waals surface area (Å²) in [4.78, 5) is 77.3. The van der Waals surface area contributed by atoms with Gasteiger partial charge in [0.25, 0.3) is 0 Å². The number of carbonyl (C=O) groups excluding carboxylic acids is 6. The summed E-state index contributed by atoms with van der Waals surface area (Å²) in [5.74, 6) is -2.28. The Kier molecular flexibility index (Phi) is 33.9. The summed E-state index contributed by atoms with van der Waals surface area (Å²) in [6.07, 6.45) is -28.1. The van der Waals surface area contributed by atoms with E-state index in [-0.39, 0.29) is 90.1 Å². The van der Waals surface area contributed by atoms with Crippen LogP contribution in [0.5, 0.6) is 0 Å². The number of amides is 6. The minimum absolute atomic E-state index is 0.0135. The van der Waals surface area contributed by atoms with E-state index in [2.05, 4.69) is 31.9 Å². The van der Waals surface area contributed by atoms with E-state index in [0.29, 0.717) is 58.0 Å². The smallest absolute Gasteiger partial charge is 0.234 e. The van der Waals surface area contributed by atoms with E-state index in [1.54, 1.807) is 0 Å². The Morgan fingerprint density at radius 1 is 0.395 bits per heavy atom. The Morgan fingerprint density at radius 3 is 1.28 bits per heavy atom. The van der Waals surface area contributed by atoms with Crippen molar-refractivity contribution in [3.63, 3.8) is 0 Å². The highest BCUT2D eigenvalue weighted by Crippen LogP contribution is 2.31. The number of rotatable bonds is 38. The van der Waals surface area contributed by atoms with Crippen LogP contribution in [-0.4, -0.2) is 321 Å². The molecule has 0 bridgehead atoms. The van der Waals surface area contributed by atoms with Crippen LogP contribution in [0.4, 0.5) is 0 Å². The van der Waals surface area contributed by atoms with E-state index in [1.165, 1.54) is 11.8 Å². The molecule has 0 unspecified atom stereocenters. The number of hydrogen-bond acceptors (Lipinski definition) is 28. The first-order valence-corrected chi connectivity index (χ1v) is 29.2. The second kappa shape index (κ2) is 39.2. The van der Waals surface area contributed by atoms with Gasteiger partial charge in [-0.05, 0) is 46.0 Å². The molecule has 0 aromatic carbocycles. The molecule has 34 nitrogen and oxygen atoms in total. The summed E-state index contributed by atoms with van der Waals surface area (Å²) >= 11 is 0. The van der Waals surface area contributed by atoms with Gasteiger partial charge in [0, 0.05) is 58.5 Å². The van der Waals surface area contributed by atoms with E-state index in [4.69, 9.17) is 37.9 Å². The third-order valence-electron chi connectivity index (χ3n) is 14.5. The Hall–Kier alpha value is -4.06. The topological polar surface area (TPSA) is 515 Å². The van der Waals surface area contributed by atoms with Crippen LogP contribution in [0.3, 0.4) is 0 Å². The predicted molar refractivity (Wildman–Crippen MR) is 290 cm³/mol. The Morgan fingerprint density at radius 2 is 0.791 bits per heavy atom. The molecule has 4 heterocycles. The van der Waals surface area contributed by atoms with Crippen molar-refractivity contribution in [1.29, 1.82) is 0 Å². The van der Waals surface area contributed by atoms with Gasteiger partial charge in [-0.15, -0.1) is 0 Å². The minimum Gasteiger partial charge on any atom is -0.394 e. The first-order valence-electron chi connectivity index (χ1n) is 29.2. The molecule has 4 aliphatic rings. The zero-order chi connectivity index (χ0) is 63.5. The van der Waals surface area contributed by atoms with Crippen molar-refractivity contribution in [3.05, 3.63) is 0 Å². The molecule has 4 saturated heterocycles. The molecule has 86 heavy (non-hydrogen) atoms. The monoisotopic (exact) mass is 1250 g/mol. The van der Waals surface area contributed by atoms with Crippen LogP contribution in [0, 0.1) is 0 Å². The maximum atomic E-state index is 13.1. The lowest BCUT2D eigenvalue weighted by atomic mass is 9.96. The summed E-state index contributed by atoms with van der Waals surface area (Å²) in [6, 6.07) is 0. The van der Waals surface area contributed by atoms with Gasteiger partial charge in [0.2, 0.25) is 35.4 Å². The van der Waals surface area contributed by atoms with Crippen molar-refractivity contribution in [1.82, 2.24) is 36.8 Å². The molecular weight excluding hydrogens is 1150 g/mol. The number of nitrogens with zero attached hydrogens (tertiary/aromatic N) is 1. The number of hydrogen-bond donors (Lipinski definition) is 19. The summed E-state index contributed by atoms with van der Waals surface area (Å²) < 4.78 is 44.2. The van der Waals surface area contributed by atoms with Crippen molar-refractivity contribution in [2.75, 3.05) is 91.9 Å². The van der Waals surface area contributed by atoms with E-state index >= 15 is 0 Å². The number of carbonyl (C=O) groups is 6. The molecule has 4 aliphatic heterocycles. The van der Waals surface area contributed by atoms with Crippen LogP contribution >= 0.6 is 0 Å². The highest BCUT2D eigenvalue weighted by molar-refractivity contribution is 5.84. The molecule has 0 saturated carbocycles. The first-order chi connectivity index (χ1) is 41.0. The Bertz CT molecular complexity index is 2030. The van der Waals surface area contributed by atoms with E-state index in [9.17, 15) is 95.2 Å². The van der Waals surface area contributed by atoms with Crippen molar-refractivity contribution < 1.29 is 133 Å². The number of aliphatic hydroxyl groups is 13. The van der Waals surface area contributed by atoms with Crippen LogP contribution in [0.1, 0.15) is 78.1 Å². The molecular formula is C52H93N7O27. The fourth-order valence-electron chi connectivity index (χ4n) is 9.46. The van der Waals surface area contributed by atoms with Crippen LogP contribution in [-0.2, 0) is 66.7 Å². The maximum absolute atomic E-state index is 13.1. The zero-order valence-corrected chi connectivity index (χ0v) is 48.5. The molecule has 6 amide bonds. The van der Waals surface area contributed by atoms with Gasteiger partial charge in [0.05, 0.1) is 58.8 Å². The molecule has 498 valence electrons. The van der Waals surface area contributed by atoms with Crippen molar-refractivity contribution in [2.45, 2.75) is 201 Å². The summed E-state index contributed by atoms with van der Waals surface area (Å²) in [5.41, 5.74) is 0. The second-order valence-electron chi connectivity index (χ2n) is 21.3. The Balaban J connectivity index is 1.21. The molecule has 34 heteroatoms. The van der Waals surface area contributed by atoms with Gasteiger partial charge in [-0.2, -0.15) is 0 Å². The number of nitrogens with one attached hydrogen (secondary N) is 6. The lowest BCUT2D eigenvalue weighted by molar-refractivity contribution is -0.366. The highest BCUT2D eigenvalue weighted by atomic mass is 16.8. The van der Waals surface area contributed by atoms with Crippen LogP contribution < -0.4 is 31.9 Å². The van der Waals surface area contributed by atoms with Gasteiger partial charge < -0.3 is 136 Å². The van der Waals surface area contributed by atoms with E-state index in [0.717, 1.165) is 0 Å². The fourth-order valence-corrected chi connectivity index (χ4v) is 9.46. The number of ether oxygens (including phenoxy) is 8. The molecule has 0 aromatic rings. The lowest BCUT2D eigenvalue weighted by Gasteiger charge is -2.46. The lowest BCUT2D eigenvalue weighted by Crippen LogP contribution is -2.65. The molecule has 4 rings (SSSR count). The van der Waals surface area contributed by atoms with E-state index < -0.39 is 166 Å². The summed E-state index contributed by atoms with van der Waals surface area (Å²) in [7, 11) is 0. The average molecular weight is 1250 g/mol. The largest absolute Gasteiger partial charge is 0.394 e. The fraction of sp³-hybridized carbons (Fsp3) is 0.885. The predicted octanol–water partition coefficient (Wildman–Crippen LogP) is -9.78. The summed E-state index contributed by atoms with van der Waals surface area (Å²) in [6.45, 7) is 0.690. The minimum atomic E-state index is -1.96. The van der Waals surface area contributed by atoms with Crippen LogP contribution in [0.2, 0.25) is 0 Å². The van der Waals surface area contributed by atoms with Crippen molar-refractivity contribution in [2.24, 2.45) is 0 Å². The Labute approximate surface area is 497 Å². The molecule has 4 fully saturated rings. The third-order valence-corrected chi connectivity index (χ3v) is 14.5. The van der Waals surface area contributed by atoms with Crippen molar-refractivity contribution in [3.8, 4) is 0 Å². The van der Waals surface area contributed by atoms with Gasteiger partial charge in [-0.1, -0.05) is 12.8 Å². The molecule has 0 aromatic heterocycles. The highest BCUT2D eigenvalue weighted by Gasteiger charge is 2.52. The standard InChI is InChI=1S/C52H93N7O27/c1-3-53-31(62)11-6-4-8-14-54-34(65)21-59(22-35(66)55-15-9-5-7-12-32(63)57-17-19-79-49-44(75)41(72)37(68)27(2)82-49)23-36(67)56-16-10-13-33(64)58-18-20-80-51-47(78)48(86-52-46(77)43(74)39(70)29(25-61)84-52)40(71)30(85-51)26-81-50-45(76)42(73)38(69)28(24-60)83-50/h27-30,37-52,60-61,68-78H,3-26H2,1-2H3,(H,53,62)(H,54,65)(H,55,66)(H,56,67)(H,57,63)(H,58,64)/t27-,28+,29+,30+,37+,38+,39+,40+,41+,42-,43-,44-,45-,46-,47-,48-,49+,50-,51-,52+/m0/s1. The van der Waals surface area contributed by atoms with Gasteiger partial charge in [0.1, 0.15) is 91.6 Å². The number of unbranched alkanes of at least 4 members (excludes halogenated alkanes) is 4. The third kappa shape index (κ3) is 24.4. The van der Waals surface area contributed by atoms with E-state index in [1.807, 2.05) is 6.92 Å². The molecule has 0 radical (unpaired) electrons. The number of aliphatic hydroxyl groups excluding tert-OH is 13. The second-order valence-corrected chi connectivity index (χ2v) is 21.3. The SMILES string of the molecule is CCNC(=O)CCCCCNC(=O)CN(CC(=O)NCCCCCC(=O)NCCO[C@@H]1O[C@@H](C)[C@@H](O)[C@@H](O)[C@@H]1O)CC(=O)NCCCC(=O)NCCO[C@H]1O[C@H](CO[C@H]2O[C@H](CO)[C@@H](O)[C@H](O)[C@@H]2O)[C@@H](O)[C@H](O[C@H]2O[C@H](CO)[C@@H](O)[C@H](O)[C@@H]2O)[C@@H]1O.